The van der Waals surface area contributed by atoms with Gasteiger partial charge in [0.1, 0.15) is 5.69 Å². The van der Waals surface area contributed by atoms with Crippen molar-refractivity contribution in [2.24, 2.45) is 0 Å². The van der Waals surface area contributed by atoms with Crippen LogP contribution in [-0.4, -0.2) is 15.9 Å². The van der Waals surface area contributed by atoms with Crippen molar-refractivity contribution in [3.8, 4) is 11.3 Å². The first-order valence-corrected chi connectivity index (χ1v) is 10.4. The van der Waals surface area contributed by atoms with Crippen LogP contribution >= 0.6 is 0 Å². The van der Waals surface area contributed by atoms with Crippen LogP contribution in [0.2, 0.25) is 0 Å². The van der Waals surface area contributed by atoms with Gasteiger partial charge in [0, 0.05) is 11.1 Å². The SMILES string of the molecule is O=C(Nc1nc2c(nc1/C=C/c1ccccc1)-c1ccccc1CC2)c1ccccc1. The minimum Gasteiger partial charge on any atom is -0.305 e. The van der Waals surface area contributed by atoms with Crippen LogP contribution in [0.5, 0.6) is 0 Å². The normalized spacial score (nSPS) is 12.3. The number of amides is 1. The van der Waals surface area contributed by atoms with Crippen LogP contribution in [-0.2, 0) is 12.8 Å². The number of carbonyl (C=O) groups is 1. The zero-order valence-electron chi connectivity index (χ0n) is 17.0. The van der Waals surface area contributed by atoms with E-state index in [1.54, 1.807) is 12.1 Å². The van der Waals surface area contributed by atoms with E-state index in [-0.39, 0.29) is 5.91 Å². The van der Waals surface area contributed by atoms with Gasteiger partial charge in [-0.3, -0.25) is 4.79 Å². The zero-order valence-corrected chi connectivity index (χ0v) is 17.0. The lowest BCUT2D eigenvalue weighted by Crippen LogP contribution is -2.17. The van der Waals surface area contributed by atoms with Crippen molar-refractivity contribution in [3.05, 3.63) is 113 Å². The Labute approximate surface area is 181 Å². The van der Waals surface area contributed by atoms with Crippen LogP contribution < -0.4 is 5.32 Å². The van der Waals surface area contributed by atoms with Gasteiger partial charge in [0.2, 0.25) is 0 Å². The Bertz CT molecular complexity index is 1260. The van der Waals surface area contributed by atoms with Gasteiger partial charge in [0.25, 0.3) is 5.91 Å². The quantitative estimate of drug-likeness (QED) is 0.478. The predicted molar refractivity (Wildman–Crippen MR) is 125 cm³/mol. The molecule has 1 aliphatic rings. The first kappa shape index (κ1) is 18.9. The van der Waals surface area contributed by atoms with E-state index in [1.807, 2.05) is 66.7 Å². The molecule has 0 fully saturated rings. The Morgan fingerprint density at radius 2 is 1.48 bits per heavy atom. The lowest BCUT2D eigenvalue weighted by Gasteiger charge is -2.20. The largest absolute Gasteiger partial charge is 0.305 e. The summed E-state index contributed by atoms with van der Waals surface area (Å²) in [6.07, 6.45) is 5.63. The van der Waals surface area contributed by atoms with E-state index in [4.69, 9.17) is 9.97 Å². The van der Waals surface area contributed by atoms with Gasteiger partial charge < -0.3 is 5.32 Å². The van der Waals surface area contributed by atoms with E-state index in [0.29, 0.717) is 17.1 Å². The molecule has 0 aliphatic heterocycles. The second kappa shape index (κ2) is 8.36. The molecule has 3 aromatic carbocycles. The van der Waals surface area contributed by atoms with Crippen LogP contribution in [0.25, 0.3) is 23.4 Å². The van der Waals surface area contributed by atoms with Crippen LogP contribution in [0, 0.1) is 0 Å². The number of anilines is 1. The van der Waals surface area contributed by atoms with Crippen molar-refractivity contribution in [2.75, 3.05) is 5.32 Å². The van der Waals surface area contributed by atoms with Gasteiger partial charge in [-0.2, -0.15) is 0 Å². The fourth-order valence-electron chi connectivity index (χ4n) is 3.81. The fraction of sp³-hybridized carbons (Fsp3) is 0.0741. The number of rotatable bonds is 4. The van der Waals surface area contributed by atoms with Gasteiger partial charge in [-0.1, -0.05) is 78.9 Å². The molecular weight excluding hydrogens is 382 g/mol. The highest BCUT2D eigenvalue weighted by atomic mass is 16.1. The van der Waals surface area contributed by atoms with Gasteiger partial charge in [-0.25, -0.2) is 9.97 Å². The molecule has 0 spiro atoms. The summed E-state index contributed by atoms with van der Waals surface area (Å²) in [7, 11) is 0. The minimum atomic E-state index is -0.194. The second-order valence-corrected chi connectivity index (χ2v) is 7.47. The predicted octanol–water partition coefficient (Wildman–Crippen LogP) is 5.66. The summed E-state index contributed by atoms with van der Waals surface area (Å²) in [6, 6.07) is 27.5. The lowest BCUT2D eigenvalue weighted by molar-refractivity contribution is 0.102. The molecule has 1 amide bonds. The van der Waals surface area contributed by atoms with Gasteiger partial charge in [-0.15, -0.1) is 0 Å². The maximum absolute atomic E-state index is 12.8. The topological polar surface area (TPSA) is 54.9 Å². The molecule has 0 bridgehead atoms. The maximum atomic E-state index is 12.8. The van der Waals surface area contributed by atoms with Crippen molar-refractivity contribution in [1.82, 2.24) is 9.97 Å². The molecule has 0 saturated carbocycles. The lowest BCUT2D eigenvalue weighted by atomic mass is 9.92. The molecule has 4 heteroatoms. The third-order valence-electron chi connectivity index (χ3n) is 5.40. The fourth-order valence-corrected chi connectivity index (χ4v) is 3.81. The highest BCUT2D eigenvalue weighted by Gasteiger charge is 2.21. The van der Waals surface area contributed by atoms with Crippen molar-refractivity contribution < 1.29 is 4.79 Å². The van der Waals surface area contributed by atoms with Gasteiger partial charge in [0.05, 0.1) is 11.4 Å². The van der Waals surface area contributed by atoms with Crippen molar-refractivity contribution >= 4 is 23.9 Å². The standard InChI is InChI=1S/C27H21N3O/c31-27(21-12-5-2-6-13-21)30-26-24(17-15-19-9-3-1-4-10-19)28-25-22-14-8-7-11-20(22)16-18-23(25)29-26/h1-15,17H,16,18H2,(H,29,30,31)/b17-15+. The van der Waals surface area contributed by atoms with E-state index in [2.05, 4.69) is 23.5 Å². The van der Waals surface area contributed by atoms with E-state index < -0.39 is 0 Å². The van der Waals surface area contributed by atoms with Gasteiger partial charge in [0.15, 0.2) is 5.82 Å². The number of fused-ring (bicyclic) bond motifs is 3. The Kier molecular flexibility index (Phi) is 5.11. The average Bonchev–Trinajstić information content (AvgIpc) is 2.84. The minimum absolute atomic E-state index is 0.194. The number of nitrogens with one attached hydrogen (secondary N) is 1. The maximum Gasteiger partial charge on any atom is 0.256 e. The molecule has 0 atom stereocenters. The molecule has 4 aromatic rings. The van der Waals surface area contributed by atoms with E-state index in [0.717, 1.165) is 35.4 Å². The monoisotopic (exact) mass is 403 g/mol. The number of hydrogen-bond donors (Lipinski definition) is 1. The third kappa shape index (κ3) is 4.01. The molecule has 1 heterocycles. The number of hydrogen-bond acceptors (Lipinski definition) is 3. The molecule has 1 N–H and O–H groups in total. The highest BCUT2D eigenvalue weighted by Crippen LogP contribution is 2.33. The molecule has 150 valence electrons. The molecule has 1 aromatic heterocycles. The number of aryl methyl sites for hydroxylation is 2. The van der Waals surface area contributed by atoms with E-state index in [1.165, 1.54) is 5.56 Å². The van der Waals surface area contributed by atoms with Crippen LogP contribution in [0.3, 0.4) is 0 Å². The molecule has 1 aliphatic carbocycles. The van der Waals surface area contributed by atoms with Crippen molar-refractivity contribution in [1.29, 1.82) is 0 Å². The molecule has 5 rings (SSSR count). The number of nitrogens with zero attached hydrogens (tertiary/aromatic N) is 2. The summed E-state index contributed by atoms with van der Waals surface area (Å²) in [5, 5.41) is 2.97. The smallest absolute Gasteiger partial charge is 0.256 e. The number of carbonyl (C=O) groups excluding carboxylic acids is 1. The number of benzene rings is 3. The Morgan fingerprint density at radius 3 is 2.29 bits per heavy atom. The summed E-state index contributed by atoms with van der Waals surface area (Å²) in [4.78, 5) is 22.6. The summed E-state index contributed by atoms with van der Waals surface area (Å²) >= 11 is 0. The van der Waals surface area contributed by atoms with E-state index in [9.17, 15) is 4.79 Å². The highest BCUT2D eigenvalue weighted by molar-refractivity contribution is 6.04. The zero-order chi connectivity index (χ0) is 21.0. The summed E-state index contributed by atoms with van der Waals surface area (Å²) in [6.45, 7) is 0. The molecular formula is C27H21N3O. The first-order chi connectivity index (χ1) is 15.3. The Morgan fingerprint density at radius 1 is 0.774 bits per heavy atom. The summed E-state index contributed by atoms with van der Waals surface area (Å²) in [5.74, 6) is 0.291. The van der Waals surface area contributed by atoms with Crippen LogP contribution in [0.15, 0.2) is 84.9 Å². The van der Waals surface area contributed by atoms with Crippen molar-refractivity contribution in [2.45, 2.75) is 12.8 Å². The number of aromatic nitrogens is 2. The molecule has 31 heavy (non-hydrogen) atoms. The van der Waals surface area contributed by atoms with Gasteiger partial charge >= 0.3 is 0 Å². The van der Waals surface area contributed by atoms with Crippen molar-refractivity contribution in [3.63, 3.8) is 0 Å². The van der Waals surface area contributed by atoms with Crippen LogP contribution in [0.4, 0.5) is 5.82 Å². The van der Waals surface area contributed by atoms with E-state index >= 15 is 0 Å². The second-order valence-electron chi connectivity index (χ2n) is 7.47. The summed E-state index contributed by atoms with van der Waals surface area (Å²) < 4.78 is 0. The first-order valence-electron chi connectivity index (χ1n) is 10.4. The molecule has 0 saturated heterocycles. The molecule has 4 nitrogen and oxygen atoms in total. The Balaban J connectivity index is 1.58. The van der Waals surface area contributed by atoms with Gasteiger partial charge in [-0.05, 0) is 42.2 Å². The summed E-state index contributed by atoms with van der Waals surface area (Å²) in [5.41, 5.74) is 6.50. The molecule has 0 unspecified atom stereocenters. The molecule has 0 radical (unpaired) electrons. The third-order valence-corrected chi connectivity index (χ3v) is 5.40. The average molecular weight is 403 g/mol. The Hall–Kier alpha value is -4.05. The van der Waals surface area contributed by atoms with Crippen LogP contribution in [0.1, 0.15) is 32.9 Å².